The van der Waals surface area contributed by atoms with Gasteiger partial charge < -0.3 is 4.74 Å². The van der Waals surface area contributed by atoms with E-state index in [-0.39, 0.29) is 28.3 Å². The van der Waals surface area contributed by atoms with E-state index in [9.17, 15) is 13.6 Å². The molecule has 20 heavy (non-hydrogen) atoms. The average molecular weight is 297 g/mol. The number of hydrogen-bond acceptors (Lipinski definition) is 2. The molecule has 0 spiro atoms. The maximum absolute atomic E-state index is 13.6. The van der Waals surface area contributed by atoms with Gasteiger partial charge in [0.1, 0.15) is 17.4 Å². The zero-order valence-electron chi connectivity index (χ0n) is 10.6. The summed E-state index contributed by atoms with van der Waals surface area (Å²) in [5, 5.41) is 0.161. The van der Waals surface area contributed by atoms with Crippen molar-refractivity contribution >= 4 is 17.4 Å². The molecule has 0 bridgehead atoms. The monoisotopic (exact) mass is 296 g/mol. The Kier molecular flexibility index (Phi) is 4.35. The van der Waals surface area contributed by atoms with Gasteiger partial charge in [0.05, 0.1) is 12.7 Å². The lowest BCUT2D eigenvalue weighted by Gasteiger charge is -2.09. The summed E-state index contributed by atoms with van der Waals surface area (Å²) < 4.78 is 31.9. The summed E-state index contributed by atoms with van der Waals surface area (Å²) in [6.45, 7) is 0. The van der Waals surface area contributed by atoms with E-state index in [0.29, 0.717) is 0 Å². The van der Waals surface area contributed by atoms with E-state index in [1.54, 1.807) is 0 Å². The molecule has 0 saturated carbocycles. The lowest BCUT2D eigenvalue weighted by atomic mass is 10.0. The third kappa shape index (κ3) is 2.96. The first-order valence-corrected chi connectivity index (χ1v) is 6.20. The Morgan fingerprint density at radius 2 is 2.00 bits per heavy atom. The smallest absolute Gasteiger partial charge is 0.171 e. The SMILES string of the molecule is COc1ccc(F)cc1C(=O)Cc1c(F)cccc1Cl. The summed E-state index contributed by atoms with van der Waals surface area (Å²) in [5.74, 6) is -1.35. The maximum atomic E-state index is 13.6. The van der Waals surface area contributed by atoms with Crippen molar-refractivity contribution in [3.05, 3.63) is 64.2 Å². The second-order valence-corrected chi connectivity index (χ2v) is 4.55. The van der Waals surface area contributed by atoms with E-state index in [1.807, 2.05) is 0 Å². The molecule has 2 aromatic carbocycles. The molecule has 0 aliphatic carbocycles. The van der Waals surface area contributed by atoms with Gasteiger partial charge in [0, 0.05) is 17.0 Å². The molecule has 0 aliphatic rings. The fourth-order valence-corrected chi connectivity index (χ4v) is 2.08. The minimum Gasteiger partial charge on any atom is -0.496 e. The number of hydrogen-bond donors (Lipinski definition) is 0. The Hall–Kier alpha value is -1.94. The first-order valence-electron chi connectivity index (χ1n) is 5.82. The Morgan fingerprint density at radius 1 is 1.25 bits per heavy atom. The van der Waals surface area contributed by atoms with Gasteiger partial charge in [-0.1, -0.05) is 17.7 Å². The molecule has 0 aromatic heterocycles. The van der Waals surface area contributed by atoms with Crippen LogP contribution in [0.2, 0.25) is 5.02 Å². The summed E-state index contributed by atoms with van der Waals surface area (Å²) in [6, 6.07) is 7.77. The van der Waals surface area contributed by atoms with Crippen molar-refractivity contribution < 1.29 is 18.3 Å². The molecule has 104 valence electrons. The van der Waals surface area contributed by atoms with Crippen LogP contribution in [0.25, 0.3) is 0 Å². The molecule has 0 radical (unpaired) electrons. The molecule has 2 rings (SSSR count). The number of carbonyl (C=O) groups is 1. The molecule has 5 heteroatoms. The van der Waals surface area contributed by atoms with Crippen LogP contribution in [0.1, 0.15) is 15.9 Å². The topological polar surface area (TPSA) is 26.3 Å². The molecule has 0 fully saturated rings. The van der Waals surface area contributed by atoms with Crippen molar-refractivity contribution in [2.45, 2.75) is 6.42 Å². The molecule has 0 atom stereocenters. The van der Waals surface area contributed by atoms with Crippen LogP contribution in [-0.2, 0) is 6.42 Å². The Labute approximate surface area is 119 Å². The van der Waals surface area contributed by atoms with Crippen LogP contribution in [0.4, 0.5) is 8.78 Å². The van der Waals surface area contributed by atoms with Crippen LogP contribution in [-0.4, -0.2) is 12.9 Å². The van der Waals surface area contributed by atoms with E-state index in [1.165, 1.54) is 37.4 Å². The zero-order chi connectivity index (χ0) is 14.7. The van der Waals surface area contributed by atoms with Crippen LogP contribution in [0.3, 0.4) is 0 Å². The van der Waals surface area contributed by atoms with Crippen molar-refractivity contribution in [2.24, 2.45) is 0 Å². The van der Waals surface area contributed by atoms with Gasteiger partial charge in [-0.2, -0.15) is 0 Å². The number of methoxy groups -OCH3 is 1. The predicted octanol–water partition coefficient (Wildman–Crippen LogP) is 4.05. The second kappa shape index (κ2) is 6.01. The van der Waals surface area contributed by atoms with Crippen LogP contribution >= 0.6 is 11.6 Å². The van der Waals surface area contributed by atoms with E-state index >= 15 is 0 Å². The Bertz CT molecular complexity index is 636. The first-order chi connectivity index (χ1) is 9.52. The van der Waals surface area contributed by atoms with Gasteiger partial charge in [-0.3, -0.25) is 4.79 Å². The Balaban J connectivity index is 2.35. The minimum atomic E-state index is -0.568. The Morgan fingerprint density at radius 3 is 2.65 bits per heavy atom. The lowest BCUT2D eigenvalue weighted by molar-refractivity contribution is 0.0988. The van der Waals surface area contributed by atoms with Gasteiger partial charge in [0.15, 0.2) is 5.78 Å². The molecule has 2 aromatic rings. The van der Waals surface area contributed by atoms with Crippen molar-refractivity contribution in [3.63, 3.8) is 0 Å². The number of rotatable bonds is 4. The predicted molar refractivity (Wildman–Crippen MR) is 72.4 cm³/mol. The first kappa shape index (κ1) is 14.5. The summed E-state index contributed by atoms with van der Waals surface area (Å²) in [4.78, 5) is 12.2. The standard InChI is InChI=1S/C15H11ClF2O2/c1-20-15-6-5-9(17)7-11(15)14(19)8-10-12(16)3-2-4-13(10)18/h2-7H,8H2,1H3. The molecule has 0 unspecified atom stereocenters. The lowest BCUT2D eigenvalue weighted by Crippen LogP contribution is -2.08. The second-order valence-electron chi connectivity index (χ2n) is 4.14. The number of benzene rings is 2. The van der Waals surface area contributed by atoms with Gasteiger partial charge in [0.25, 0.3) is 0 Å². The van der Waals surface area contributed by atoms with Crippen molar-refractivity contribution in [1.82, 2.24) is 0 Å². The molecular formula is C15H11ClF2O2. The van der Waals surface area contributed by atoms with Gasteiger partial charge in [-0.25, -0.2) is 8.78 Å². The van der Waals surface area contributed by atoms with Crippen LogP contribution < -0.4 is 4.74 Å². The third-order valence-electron chi connectivity index (χ3n) is 2.86. The molecular weight excluding hydrogens is 286 g/mol. The van der Waals surface area contributed by atoms with Gasteiger partial charge in [-0.15, -0.1) is 0 Å². The third-order valence-corrected chi connectivity index (χ3v) is 3.22. The van der Waals surface area contributed by atoms with Crippen LogP contribution in [0, 0.1) is 11.6 Å². The highest BCUT2D eigenvalue weighted by Crippen LogP contribution is 2.25. The normalized spacial score (nSPS) is 10.4. The summed E-state index contributed by atoms with van der Waals surface area (Å²) in [5.41, 5.74) is 0.150. The summed E-state index contributed by atoms with van der Waals surface area (Å²) in [6.07, 6.45) is -0.259. The minimum absolute atomic E-state index is 0.0619. The highest BCUT2D eigenvalue weighted by atomic mass is 35.5. The maximum Gasteiger partial charge on any atom is 0.171 e. The van der Waals surface area contributed by atoms with Crippen molar-refractivity contribution in [2.75, 3.05) is 7.11 Å². The van der Waals surface area contributed by atoms with Crippen LogP contribution in [0.5, 0.6) is 5.75 Å². The van der Waals surface area contributed by atoms with Gasteiger partial charge >= 0.3 is 0 Å². The summed E-state index contributed by atoms with van der Waals surface area (Å²) >= 11 is 5.87. The molecule has 0 N–H and O–H groups in total. The van der Waals surface area contributed by atoms with Crippen molar-refractivity contribution in [3.8, 4) is 5.75 Å². The van der Waals surface area contributed by atoms with Crippen LogP contribution in [0.15, 0.2) is 36.4 Å². The van der Waals surface area contributed by atoms with E-state index < -0.39 is 17.4 Å². The molecule has 2 nitrogen and oxygen atoms in total. The van der Waals surface area contributed by atoms with Gasteiger partial charge in [0.2, 0.25) is 0 Å². The number of carbonyl (C=O) groups excluding carboxylic acids is 1. The number of ketones is 1. The highest BCUT2D eigenvalue weighted by Gasteiger charge is 2.17. The quantitative estimate of drug-likeness (QED) is 0.796. The molecule has 0 amide bonds. The van der Waals surface area contributed by atoms with E-state index in [4.69, 9.17) is 16.3 Å². The largest absolute Gasteiger partial charge is 0.496 e. The summed E-state index contributed by atoms with van der Waals surface area (Å²) in [7, 11) is 1.38. The number of ether oxygens (including phenoxy) is 1. The number of Topliss-reactive ketones (excluding diaryl/α,β-unsaturated/α-hetero) is 1. The van der Waals surface area contributed by atoms with Gasteiger partial charge in [-0.05, 0) is 30.3 Å². The zero-order valence-corrected chi connectivity index (χ0v) is 11.4. The number of halogens is 3. The fraction of sp³-hybridized carbons (Fsp3) is 0.133. The van der Waals surface area contributed by atoms with E-state index in [2.05, 4.69) is 0 Å². The highest BCUT2D eigenvalue weighted by molar-refractivity contribution is 6.31. The average Bonchev–Trinajstić information content (AvgIpc) is 2.43. The fourth-order valence-electron chi connectivity index (χ4n) is 1.86. The molecule has 0 heterocycles. The van der Waals surface area contributed by atoms with Crippen molar-refractivity contribution in [1.29, 1.82) is 0 Å². The van der Waals surface area contributed by atoms with E-state index in [0.717, 1.165) is 6.07 Å². The molecule has 0 aliphatic heterocycles. The molecule has 0 saturated heterocycles.